The van der Waals surface area contributed by atoms with E-state index in [0.29, 0.717) is 10.2 Å². The fourth-order valence-electron chi connectivity index (χ4n) is 1.30. The number of carbonyl (C=O) groups is 1. The van der Waals surface area contributed by atoms with Gasteiger partial charge in [0.15, 0.2) is 0 Å². The van der Waals surface area contributed by atoms with Crippen molar-refractivity contribution < 1.29 is 9.53 Å². The summed E-state index contributed by atoms with van der Waals surface area (Å²) in [6.07, 6.45) is 1.35. The molecule has 2 aromatic heterocycles. The summed E-state index contributed by atoms with van der Waals surface area (Å²) in [5, 5.41) is 5.34. The van der Waals surface area contributed by atoms with E-state index in [-0.39, 0.29) is 11.3 Å². The molecule has 2 rings (SSSR count). The lowest BCUT2D eigenvalue weighted by atomic mass is 10.2. The molecule has 0 fully saturated rings. The minimum Gasteiger partial charge on any atom is -0.465 e. The Morgan fingerprint density at radius 1 is 1.69 bits per heavy atom. The molecule has 0 unspecified atom stereocenters. The third kappa shape index (κ3) is 1.58. The maximum absolute atomic E-state index is 11.4. The van der Waals surface area contributed by atoms with E-state index in [2.05, 4.69) is 19.7 Å². The standard InChI is InChI=1S/C9H6N4O2S/c1-15-9(14)5-4-11-6-2-3-16-8(6)7(5)12-13-10/h2-4H,1H3. The first-order valence-electron chi connectivity index (χ1n) is 4.27. The van der Waals surface area contributed by atoms with E-state index in [9.17, 15) is 4.79 Å². The first-order chi connectivity index (χ1) is 7.77. The second-order valence-electron chi connectivity index (χ2n) is 2.84. The average Bonchev–Trinajstić information content (AvgIpc) is 2.77. The van der Waals surface area contributed by atoms with Gasteiger partial charge < -0.3 is 4.74 Å². The minimum atomic E-state index is -0.565. The second kappa shape index (κ2) is 4.18. The molecule has 0 N–H and O–H groups in total. The van der Waals surface area contributed by atoms with Crippen molar-refractivity contribution in [2.75, 3.05) is 7.11 Å². The Hall–Kier alpha value is -2.11. The van der Waals surface area contributed by atoms with Crippen molar-refractivity contribution in [3.63, 3.8) is 0 Å². The average molecular weight is 234 g/mol. The molecule has 2 aromatic rings. The molecule has 0 bridgehead atoms. The number of pyridine rings is 1. The van der Waals surface area contributed by atoms with Crippen LogP contribution in [-0.4, -0.2) is 18.1 Å². The van der Waals surface area contributed by atoms with Crippen LogP contribution in [0.3, 0.4) is 0 Å². The van der Waals surface area contributed by atoms with Crippen LogP contribution in [0.1, 0.15) is 10.4 Å². The summed E-state index contributed by atoms with van der Waals surface area (Å²) in [6.45, 7) is 0. The van der Waals surface area contributed by atoms with Crippen LogP contribution in [0.25, 0.3) is 20.7 Å². The Balaban J connectivity index is 2.77. The van der Waals surface area contributed by atoms with Gasteiger partial charge in [-0.2, -0.15) is 0 Å². The molecule has 7 heteroatoms. The first kappa shape index (κ1) is 10.4. The molecule has 0 radical (unpaired) electrons. The summed E-state index contributed by atoms with van der Waals surface area (Å²) in [5.74, 6) is -0.565. The molecular weight excluding hydrogens is 228 g/mol. The van der Waals surface area contributed by atoms with Gasteiger partial charge in [-0.15, -0.1) is 11.3 Å². The summed E-state index contributed by atoms with van der Waals surface area (Å²) in [6, 6.07) is 1.79. The zero-order valence-electron chi connectivity index (χ0n) is 8.25. The smallest absolute Gasteiger partial charge is 0.339 e. The van der Waals surface area contributed by atoms with E-state index >= 15 is 0 Å². The summed E-state index contributed by atoms with van der Waals surface area (Å²) < 4.78 is 5.27. The predicted molar refractivity (Wildman–Crippen MR) is 59.8 cm³/mol. The van der Waals surface area contributed by atoms with Crippen molar-refractivity contribution in [2.24, 2.45) is 5.11 Å². The molecule has 0 aliphatic carbocycles. The van der Waals surface area contributed by atoms with Crippen LogP contribution < -0.4 is 0 Å². The van der Waals surface area contributed by atoms with E-state index in [4.69, 9.17) is 5.53 Å². The van der Waals surface area contributed by atoms with Crippen molar-refractivity contribution in [3.05, 3.63) is 33.6 Å². The number of nitrogens with zero attached hydrogens (tertiary/aromatic N) is 4. The highest BCUT2D eigenvalue weighted by Crippen LogP contribution is 2.33. The van der Waals surface area contributed by atoms with Gasteiger partial charge in [-0.1, -0.05) is 5.11 Å². The van der Waals surface area contributed by atoms with Gasteiger partial charge in [-0.3, -0.25) is 4.98 Å². The fraction of sp³-hybridized carbons (Fsp3) is 0.111. The Morgan fingerprint density at radius 2 is 2.50 bits per heavy atom. The number of carbonyl (C=O) groups excluding carboxylic acids is 1. The van der Waals surface area contributed by atoms with E-state index in [1.165, 1.54) is 24.6 Å². The van der Waals surface area contributed by atoms with Gasteiger partial charge in [0.2, 0.25) is 0 Å². The number of fused-ring (bicyclic) bond motifs is 1. The Labute approximate surface area is 94.1 Å². The normalized spacial score (nSPS) is 9.81. The number of rotatable bonds is 2. The lowest BCUT2D eigenvalue weighted by Crippen LogP contribution is -2.02. The lowest BCUT2D eigenvalue weighted by molar-refractivity contribution is 0.0601. The zero-order chi connectivity index (χ0) is 11.5. The van der Waals surface area contributed by atoms with Crippen LogP contribution in [0, 0.1) is 0 Å². The van der Waals surface area contributed by atoms with Gasteiger partial charge in [-0.25, -0.2) is 4.79 Å². The molecule has 80 valence electrons. The largest absolute Gasteiger partial charge is 0.465 e. The fourth-order valence-corrected chi connectivity index (χ4v) is 2.14. The molecule has 0 atom stereocenters. The van der Waals surface area contributed by atoms with Gasteiger partial charge in [-0.05, 0) is 17.0 Å². The molecule has 0 aliphatic heterocycles. The van der Waals surface area contributed by atoms with Crippen molar-refractivity contribution >= 4 is 33.2 Å². The number of hydrogen-bond acceptors (Lipinski definition) is 5. The number of ether oxygens (including phenoxy) is 1. The Bertz CT molecular complexity index is 601. The van der Waals surface area contributed by atoms with Crippen molar-refractivity contribution in [1.29, 1.82) is 0 Å². The molecule has 0 amide bonds. The number of hydrogen-bond donors (Lipinski definition) is 0. The van der Waals surface area contributed by atoms with Crippen molar-refractivity contribution in [3.8, 4) is 0 Å². The molecule has 2 heterocycles. The van der Waals surface area contributed by atoms with Crippen LogP contribution in [-0.2, 0) is 4.74 Å². The van der Waals surface area contributed by atoms with E-state index in [1.54, 1.807) is 6.07 Å². The summed E-state index contributed by atoms with van der Waals surface area (Å²) in [7, 11) is 1.26. The Kier molecular flexibility index (Phi) is 2.72. The number of aromatic nitrogens is 1. The summed E-state index contributed by atoms with van der Waals surface area (Å²) >= 11 is 1.36. The van der Waals surface area contributed by atoms with Crippen molar-refractivity contribution in [1.82, 2.24) is 4.98 Å². The van der Waals surface area contributed by atoms with Crippen LogP contribution >= 0.6 is 11.3 Å². The maximum Gasteiger partial charge on any atom is 0.339 e. The number of esters is 1. The minimum absolute atomic E-state index is 0.176. The topological polar surface area (TPSA) is 88.0 Å². The first-order valence-corrected chi connectivity index (χ1v) is 5.15. The molecular formula is C9H6N4O2S. The molecule has 16 heavy (non-hydrogen) atoms. The van der Waals surface area contributed by atoms with E-state index in [0.717, 1.165) is 0 Å². The number of thiophene rings is 1. The van der Waals surface area contributed by atoms with Gasteiger partial charge in [0.1, 0.15) is 0 Å². The highest BCUT2D eigenvalue weighted by Gasteiger charge is 2.15. The highest BCUT2D eigenvalue weighted by molar-refractivity contribution is 7.17. The second-order valence-corrected chi connectivity index (χ2v) is 3.75. The number of methoxy groups -OCH3 is 1. The summed E-state index contributed by atoms with van der Waals surface area (Å²) in [4.78, 5) is 18.2. The lowest BCUT2D eigenvalue weighted by Gasteiger charge is -2.02. The van der Waals surface area contributed by atoms with Crippen LogP contribution in [0.4, 0.5) is 5.69 Å². The summed E-state index contributed by atoms with van der Waals surface area (Å²) in [5.41, 5.74) is 9.63. The Morgan fingerprint density at radius 3 is 3.19 bits per heavy atom. The maximum atomic E-state index is 11.4. The van der Waals surface area contributed by atoms with Gasteiger partial charge in [0, 0.05) is 11.1 Å². The molecule has 0 aliphatic rings. The van der Waals surface area contributed by atoms with Gasteiger partial charge in [0.05, 0.1) is 28.6 Å². The third-order valence-electron chi connectivity index (χ3n) is 2.00. The zero-order valence-corrected chi connectivity index (χ0v) is 9.06. The highest BCUT2D eigenvalue weighted by atomic mass is 32.1. The van der Waals surface area contributed by atoms with E-state index < -0.39 is 5.97 Å². The van der Waals surface area contributed by atoms with Crippen molar-refractivity contribution in [2.45, 2.75) is 0 Å². The third-order valence-corrected chi connectivity index (χ3v) is 2.91. The van der Waals surface area contributed by atoms with Crippen LogP contribution in [0.2, 0.25) is 0 Å². The van der Waals surface area contributed by atoms with Crippen LogP contribution in [0.5, 0.6) is 0 Å². The van der Waals surface area contributed by atoms with Gasteiger partial charge >= 0.3 is 5.97 Å². The van der Waals surface area contributed by atoms with Gasteiger partial charge in [0.25, 0.3) is 0 Å². The predicted octanol–water partition coefficient (Wildman–Crippen LogP) is 3.02. The molecule has 0 saturated heterocycles. The molecule has 0 aromatic carbocycles. The SMILES string of the molecule is COC(=O)c1cnc2ccsc2c1N=[N+]=[N-]. The quantitative estimate of drug-likeness (QED) is 0.346. The molecule has 0 spiro atoms. The van der Waals surface area contributed by atoms with Crippen LogP contribution in [0.15, 0.2) is 22.8 Å². The molecule has 0 saturated carbocycles. The molecule has 6 nitrogen and oxygen atoms in total. The van der Waals surface area contributed by atoms with E-state index in [1.807, 2.05) is 5.38 Å². The monoisotopic (exact) mass is 234 g/mol. The number of azide groups is 1.